The lowest BCUT2D eigenvalue weighted by atomic mass is 10.2. The summed E-state index contributed by atoms with van der Waals surface area (Å²) in [5.74, 6) is 2.60. The fourth-order valence-corrected chi connectivity index (χ4v) is 1.76. The van der Waals surface area contributed by atoms with Gasteiger partial charge in [-0.05, 0) is 25.9 Å². The highest BCUT2D eigenvalue weighted by Crippen LogP contribution is 1.95. The number of rotatable bonds is 4. The SMILES string of the molecule is C#CC(CC)NC(=O)CN1CCCNCC1. The molecule has 0 aromatic rings. The quantitative estimate of drug-likeness (QED) is 0.649. The monoisotopic (exact) mass is 223 g/mol. The van der Waals surface area contributed by atoms with Gasteiger partial charge in [-0.25, -0.2) is 0 Å². The van der Waals surface area contributed by atoms with Crippen LogP contribution < -0.4 is 10.6 Å². The number of nitrogens with zero attached hydrogens (tertiary/aromatic N) is 1. The van der Waals surface area contributed by atoms with E-state index in [0.29, 0.717) is 6.54 Å². The first-order valence-corrected chi connectivity index (χ1v) is 5.94. The van der Waals surface area contributed by atoms with Gasteiger partial charge in [-0.1, -0.05) is 12.8 Å². The van der Waals surface area contributed by atoms with Gasteiger partial charge in [0.2, 0.25) is 5.91 Å². The molecule has 0 bridgehead atoms. The van der Waals surface area contributed by atoms with E-state index in [9.17, 15) is 4.79 Å². The summed E-state index contributed by atoms with van der Waals surface area (Å²) in [6.07, 6.45) is 7.18. The molecule has 2 N–H and O–H groups in total. The van der Waals surface area contributed by atoms with Crippen LogP contribution in [-0.4, -0.2) is 49.6 Å². The third kappa shape index (κ3) is 4.65. The summed E-state index contributed by atoms with van der Waals surface area (Å²) >= 11 is 0. The van der Waals surface area contributed by atoms with Crippen LogP contribution in [0.1, 0.15) is 19.8 Å². The van der Waals surface area contributed by atoms with Gasteiger partial charge >= 0.3 is 0 Å². The smallest absolute Gasteiger partial charge is 0.235 e. The van der Waals surface area contributed by atoms with Crippen molar-refractivity contribution in [2.45, 2.75) is 25.8 Å². The first kappa shape index (κ1) is 13.0. The van der Waals surface area contributed by atoms with Crippen LogP contribution in [-0.2, 0) is 4.79 Å². The lowest BCUT2D eigenvalue weighted by Gasteiger charge is -2.20. The molecule has 1 unspecified atom stereocenters. The van der Waals surface area contributed by atoms with Crippen LogP contribution in [0, 0.1) is 12.3 Å². The molecule has 0 spiro atoms. The zero-order valence-corrected chi connectivity index (χ0v) is 9.96. The standard InChI is InChI=1S/C12H21N3O/c1-3-11(4-2)14-12(16)10-15-8-5-6-13-7-9-15/h1,11,13H,4-10H2,2H3,(H,14,16). The second kappa shape index (κ2) is 7.26. The number of nitrogens with one attached hydrogen (secondary N) is 2. The summed E-state index contributed by atoms with van der Waals surface area (Å²) in [5, 5.41) is 6.15. The Balaban J connectivity index is 2.29. The molecule has 1 fully saturated rings. The summed E-state index contributed by atoms with van der Waals surface area (Å²) in [6.45, 7) is 6.34. The predicted octanol–water partition coefficient (Wildman–Crippen LogP) is -0.190. The highest BCUT2D eigenvalue weighted by molar-refractivity contribution is 5.78. The van der Waals surface area contributed by atoms with Crippen LogP contribution in [0.4, 0.5) is 0 Å². The van der Waals surface area contributed by atoms with E-state index < -0.39 is 0 Å². The summed E-state index contributed by atoms with van der Waals surface area (Å²) < 4.78 is 0. The van der Waals surface area contributed by atoms with Crippen molar-refractivity contribution in [3.8, 4) is 12.3 Å². The molecule has 4 nitrogen and oxygen atoms in total. The van der Waals surface area contributed by atoms with Gasteiger partial charge in [0.05, 0.1) is 12.6 Å². The number of hydrogen-bond acceptors (Lipinski definition) is 3. The van der Waals surface area contributed by atoms with Crippen molar-refractivity contribution < 1.29 is 4.79 Å². The minimum Gasteiger partial charge on any atom is -0.341 e. The van der Waals surface area contributed by atoms with Gasteiger partial charge in [0.25, 0.3) is 0 Å². The molecule has 0 aromatic heterocycles. The van der Waals surface area contributed by atoms with E-state index in [1.165, 1.54) is 0 Å². The van der Waals surface area contributed by atoms with E-state index >= 15 is 0 Å². The molecule has 0 aromatic carbocycles. The third-order valence-electron chi connectivity index (χ3n) is 2.74. The summed E-state index contributed by atoms with van der Waals surface area (Å²) in [6, 6.07) is -0.127. The number of carbonyl (C=O) groups is 1. The van der Waals surface area contributed by atoms with Crippen LogP contribution in [0.2, 0.25) is 0 Å². The topological polar surface area (TPSA) is 44.4 Å². The Kier molecular flexibility index (Phi) is 5.91. The maximum Gasteiger partial charge on any atom is 0.235 e. The van der Waals surface area contributed by atoms with Gasteiger partial charge in [-0.2, -0.15) is 0 Å². The Bertz CT molecular complexity index is 251. The molecule has 0 radical (unpaired) electrons. The number of carbonyl (C=O) groups excluding carboxylic acids is 1. The van der Waals surface area contributed by atoms with E-state index in [2.05, 4.69) is 21.5 Å². The Hall–Kier alpha value is -1.05. The van der Waals surface area contributed by atoms with E-state index in [-0.39, 0.29) is 11.9 Å². The summed E-state index contributed by atoms with van der Waals surface area (Å²) in [5.41, 5.74) is 0. The minimum atomic E-state index is -0.127. The molecule has 90 valence electrons. The molecule has 4 heteroatoms. The van der Waals surface area contributed by atoms with Crippen LogP contribution in [0.5, 0.6) is 0 Å². The van der Waals surface area contributed by atoms with Gasteiger partial charge in [0.1, 0.15) is 0 Å². The van der Waals surface area contributed by atoms with Crippen LogP contribution >= 0.6 is 0 Å². The first-order valence-electron chi connectivity index (χ1n) is 5.94. The Morgan fingerprint density at radius 1 is 1.56 bits per heavy atom. The average molecular weight is 223 g/mol. The lowest BCUT2D eigenvalue weighted by Crippen LogP contribution is -2.42. The normalized spacial score (nSPS) is 19.5. The molecule has 1 saturated heterocycles. The van der Waals surface area contributed by atoms with Crippen molar-refractivity contribution in [2.75, 3.05) is 32.7 Å². The second-order valence-corrected chi connectivity index (χ2v) is 4.07. The maximum absolute atomic E-state index is 11.7. The van der Waals surface area contributed by atoms with Crippen molar-refractivity contribution in [2.24, 2.45) is 0 Å². The Labute approximate surface area is 97.8 Å². The number of terminal acetylenes is 1. The molecule has 1 aliphatic heterocycles. The fourth-order valence-electron chi connectivity index (χ4n) is 1.76. The molecule has 0 aliphatic carbocycles. The maximum atomic E-state index is 11.7. The van der Waals surface area contributed by atoms with Gasteiger partial charge in [-0.3, -0.25) is 9.69 Å². The van der Waals surface area contributed by atoms with Gasteiger partial charge in [-0.15, -0.1) is 6.42 Å². The molecule has 0 saturated carbocycles. The molecular formula is C12H21N3O. The first-order chi connectivity index (χ1) is 7.76. The molecule has 1 heterocycles. The Morgan fingerprint density at radius 2 is 2.38 bits per heavy atom. The highest BCUT2D eigenvalue weighted by Gasteiger charge is 2.14. The van der Waals surface area contributed by atoms with Gasteiger partial charge in [0.15, 0.2) is 0 Å². The van der Waals surface area contributed by atoms with Gasteiger partial charge < -0.3 is 10.6 Å². The second-order valence-electron chi connectivity index (χ2n) is 4.07. The summed E-state index contributed by atoms with van der Waals surface area (Å²) in [4.78, 5) is 13.8. The third-order valence-corrected chi connectivity index (χ3v) is 2.74. The van der Waals surface area contributed by atoms with E-state index in [0.717, 1.165) is 39.0 Å². The molecular weight excluding hydrogens is 202 g/mol. The van der Waals surface area contributed by atoms with Crippen LogP contribution in [0.3, 0.4) is 0 Å². The van der Waals surface area contributed by atoms with Crippen molar-refractivity contribution in [1.82, 2.24) is 15.5 Å². The number of amides is 1. The average Bonchev–Trinajstić information content (AvgIpc) is 2.54. The molecule has 1 amide bonds. The fraction of sp³-hybridized carbons (Fsp3) is 0.750. The van der Waals surface area contributed by atoms with Crippen molar-refractivity contribution in [1.29, 1.82) is 0 Å². The highest BCUT2D eigenvalue weighted by atomic mass is 16.2. The zero-order valence-electron chi connectivity index (χ0n) is 9.96. The molecule has 1 atom stereocenters. The van der Waals surface area contributed by atoms with Gasteiger partial charge in [0, 0.05) is 13.1 Å². The molecule has 1 aliphatic rings. The van der Waals surface area contributed by atoms with Crippen LogP contribution in [0.25, 0.3) is 0 Å². The van der Waals surface area contributed by atoms with E-state index in [1.54, 1.807) is 0 Å². The zero-order chi connectivity index (χ0) is 11.8. The van der Waals surface area contributed by atoms with E-state index in [4.69, 9.17) is 6.42 Å². The Morgan fingerprint density at radius 3 is 3.06 bits per heavy atom. The van der Waals surface area contributed by atoms with E-state index in [1.807, 2.05) is 6.92 Å². The molecule has 16 heavy (non-hydrogen) atoms. The lowest BCUT2D eigenvalue weighted by molar-refractivity contribution is -0.122. The van der Waals surface area contributed by atoms with Crippen molar-refractivity contribution >= 4 is 5.91 Å². The predicted molar refractivity (Wildman–Crippen MR) is 65.0 cm³/mol. The molecule has 1 rings (SSSR count). The van der Waals surface area contributed by atoms with Crippen molar-refractivity contribution in [3.63, 3.8) is 0 Å². The summed E-state index contributed by atoms with van der Waals surface area (Å²) in [7, 11) is 0. The van der Waals surface area contributed by atoms with Crippen LogP contribution in [0.15, 0.2) is 0 Å². The number of hydrogen-bond donors (Lipinski definition) is 2. The van der Waals surface area contributed by atoms with Crippen molar-refractivity contribution in [3.05, 3.63) is 0 Å². The largest absolute Gasteiger partial charge is 0.341 e. The minimum absolute atomic E-state index is 0.0340.